The standard InChI is InChI=1S/C37H51N5O5S/c1-8-40-21-28-20-27(40)22-41(28)36(44)37(3,4)23-42-32-19-26(35(43)38-48(45,46)39(5)6)14-16-31(32)33(25-12-10-9-11-13-25)34(42)30-17-15-29(47-7)18-24(30)2/h14-19,25,27-28H,8-13,20-23H2,1-7H3,(H,38,43)/t27-,28-/m1/s1. The van der Waals surface area contributed by atoms with E-state index < -0.39 is 21.5 Å². The molecule has 11 heteroatoms. The summed E-state index contributed by atoms with van der Waals surface area (Å²) in [4.78, 5) is 32.4. The molecule has 1 N–H and O–H groups in total. The number of nitrogens with one attached hydrogen (secondary N) is 1. The number of hydrogen-bond donors (Lipinski definition) is 1. The third kappa shape index (κ3) is 6.25. The lowest BCUT2D eigenvalue weighted by atomic mass is 9.81. The molecule has 2 saturated heterocycles. The first-order valence-electron chi connectivity index (χ1n) is 17.4. The number of aromatic nitrogens is 1. The first kappa shape index (κ1) is 34.5. The highest BCUT2D eigenvalue weighted by Crippen LogP contribution is 2.46. The normalized spacial score (nSPS) is 20.6. The molecule has 1 aliphatic carbocycles. The molecule has 0 unspecified atom stereocenters. The molecule has 0 radical (unpaired) electrons. The molecule has 3 fully saturated rings. The number of aryl methyl sites for hydroxylation is 1. The maximum atomic E-state index is 14.4. The van der Waals surface area contributed by atoms with Crippen molar-refractivity contribution in [2.24, 2.45) is 5.41 Å². The smallest absolute Gasteiger partial charge is 0.303 e. The van der Waals surface area contributed by atoms with Crippen LogP contribution in [0.2, 0.25) is 0 Å². The SMILES string of the molecule is CCN1C[C@H]2C[C@@H]1CN2C(=O)C(C)(C)Cn1c(-c2ccc(OC)cc2C)c(C2CCCCC2)c2ccc(C(=O)NS(=O)(=O)N(C)C)cc21. The van der Waals surface area contributed by atoms with E-state index in [0.717, 1.165) is 89.5 Å². The maximum Gasteiger partial charge on any atom is 0.303 e. The van der Waals surface area contributed by atoms with Gasteiger partial charge in [-0.25, -0.2) is 4.72 Å². The zero-order valence-electron chi connectivity index (χ0n) is 29.5. The van der Waals surface area contributed by atoms with Crippen molar-refractivity contribution in [1.29, 1.82) is 0 Å². The van der Waals surface area contributed by atoms with Crippen molar-refractivity contribution in [3.8, 4) is 17.0 Å². The Morgan fingerprint density at radius 2 is 1.75 bits per heavy atom. The van der Waals surface area contributed by atoms with Crippen LogP contribution < -0.4 is 9.46 Å². The summed E-state index contributed by atoms with van der Waals surface area (Å²) in [5.41, 5.74) is 4.77. The first-order chi connectivity index (χ1) is 22.8. The number of methoxy groups -OCH3 is 1. The highest BCUT2D eigenvalue weighted by atomic mass is 32.2. The molecule has 2 aromatic carbocycles. The lowest BCUT2D eigenvalue weighted by Crippen LogP contribution is -2.52. The molecule has 0 spiro atoms. The molecule has 2 atom stereocenters. The topological polar surface area (TPSA) is 104 Å². The van der Waals surface area contributed by atoms with Gasteiger partial charge < -0.3 is 14.2 Å². The van der Waals surface area contributed by atoms with Crippen molar-refractivity contribution in [1.82, 2.24) is 23.4 Å². The summed E-state index contributed by atoms with van der Waals surface area (Å²) < 4.78 is 36.2. The first-order valence-corrected chi connectivity index (χ1v) is 18.8. The van der Waals surface area contributed by atoms with E-state index in [9.17, 15) is 18.0 Å². The number of likely N-dealkylation sites (N-methyl/N-ethyl adjacent to an activating group) is 1. The molecule has 3 heterocycles. The van der Waals surface area contributed by atoms with Gasteiger partial charge in [0.05, 0.1) is 18.2 Å². The van der Waals surface area contributed by atoms with Crippen LogP contribution in [0.15, 0.2) is 36.4 Å². The predicted molar refractivity (Wildman–Crippen MR) is 189 cm³/mol. The molecule has 1 saturated carbocycles. The van der Waals surface area contributed by atoms with Crippen molar-refractivity contribution in [3.63, 3.8) is 0 Å². The van der Waals surface area contributed by atoms with Crippen LogP contribution in [0, 0.1) is 12.3 Å². The molecule has 48 heavy (non-hydrogen) atoms. The van der Waals surface area contributed by atoms with Gasteiger partial charge in [-0.15, -0.1) is 0 Å². The number of benzene rings is 2. The van der Waals surface area contributed by atoms with E-state index >= 15 is 0 Å². The van der Waals surface area contributed by atoms with Crippen LogP contribution in [0.25, 0.3) is 22.2 Å². The lowest BCUT2D eigenvalue weighted by Gasteiger charge is -2.38. The number of carbonyl (C=O) groups is 2. The third-order valence-corrected chi connectivity index (χ3v) is 12.3. The number of fused-ring (bicyclic) bond motifs is 3. The lowest BCUT2D eigenvalue weighted by molar-refractivity contribution is -0.143. The van der Waals surface area contributed by atoms with Gasteiger partial charge in [0.25, 0.3) is 5.91 Å². The van der Waals surface area contributed by atoms with Crippen LogP contribution in [0.1, 0.15) is 86.7 Å². The fourth-order valence-corrected chi connectivity index (χ4v) is 8.84. The second-order valence-corrected chi connectivity index (χ2v) is 16.7. The van der Waals surface area contributed by atoms with Gasteiger partial charge in [-0.05, 0) is 94.0 Å². The van der Waals surface area contributed by atoms with Gasteiger partial charge in [-0.2, -0.15) is 12.7 Å². The Balaban J connectivity index is 1.52. The van der Waals surface area contributed by atoms with E-state index in [1.165, 1.54) is 26.1 Å². The molecular formula is C37H51N5O5S. The van der Waals surface area contributed by atoms with Crippen molar-refractivity contribution >= 4 is 32.9 Å². The monoisotopic (exact) mass is 677 g/mol. The Hall–Kier alpha value is -3.41. The summed E-state index contributed by atoms with van der Waals surface area (Å²) in [6, 6.07) is 12.3. The van der Waals surface area contributed by atoms with Gasteiger partial charge in [0.1, 0.15) is 5.75 Å². The van der Waals surface area contributed by atoms with Gasteiger partial charge in [0.2, 0.25) is 5.91 Å². The zero-order chi connectivity index (χ0) is 34.5. The largest absolute Gasteiger partial charge is 0.497 e. The fraction of sp³-hybridized carbons (Fsp3) is 0.568. The molecule has 2 amide bonds. The van der Waals surface area contributed by atoms with Gasteiger partial charge in [0.15, 0.2) is 0 Å². The molecule has 1 aromatic heterocycles. The predicted octanol–water partition coefficient (Wildman–Crippen LogP) is 5.54. The minimum Gasteiger partial charge on any atom is -0.497 e. The summed E-state index contributed by atoms with van der Waals surface area (Å²) in [7, 11) is 0.453. The molecule has 2 bridgehead atoms. The van der Waals surface area contributed by atoms with Gasteiger partial charge in [-0.3, -0.25) is 14.5 Å². The maximum absolute atomic E-state index is 14.4. The highest BCUT2D eigenvalue weighted by Gasteiger charge is 2.48. The number of hydrogen-bond acceptors (Lipinski definition) is 6. The van der Waals surface area contributed by atoms with Crippen LogP contribution in [-0.4, -0.2) is 91.8 Å². The van der Waals surface area contributed by atoms with Crippen molar-refractivity contribution < 1.29 is 22.7 Å². The van der Waals surface area contributed by atoms with Crippen LogP contribution in [0.5, 0.6) is 5.75 Å². The molecule has 260 valence electrons. The van der Waals surface area contributed by atoms with Crippen LogP contribution in [-0.2, 0) is 21.5 Å². The number of likely N-dealkylation sites (tertiary alicyclic amines) is 2. The van der Waals surface area contributed by atoms with Gasteiger partial charge >= 0.3 is 10.2 Å². The zero-order valence-corrected chi connectivity index (χ0v) is 30.3. The summed E-state index contributed by atoms with van der Waals surface area (Å²) in [5, 5.41) is 1.04. The molecule has 3 aromatic rings. The van der Waals surface area contributed by atoms with E-state index in [0.29, 0.717) is 18.5 Å². The quantitative estimate of drug-likeness (QED) is 0.302. The van der Waals surface area contributed by atoms with E-state index in [1.807, 2.05) is 38.1 Å². The number of rotatable bonds is 10. The van der Waals surface area contributed by atoms with E-state index in [-0.39, 0.29) is 17.5 Å². The summed E-state index contributed by atoms with van der Waals surface area (Å²) in [6.07, 6.45) is 6.68. The molecule has 2 aliphatic heterocycles. The Bertz CT molecular complexity index is 1820. The molecule has 3 aliphatic rings. The second kappa shape index (κ2) is 13.1. The van der Waals surface area contributed by atoms with Crippen LogP contribution >= 0.6 is 0 Å². The second-order valence-electron chi connectivity index (χ2n) is 14.8. The average Bonchev–Trinajstić information content (AvgIpc) is 3.75. The Morgan fingerprint density at radius 3 is 2.35 bits per heavy atom. The summed E-state index contributed by atoms with van der Waals surface area (Å²) >= 11 is 0. The van der Waals surface area contributed by atoms with Gasteiger partial charge in [0, 0.05) is 67.8 Å². The Morgan fingerprint density at radius 1 is 1.02 bits per heavy atom. The minimum absolute atomic E-state index is 0.148. The average molecular weight is 678 g/mol. The molecule has 6 rings (SSSR count). The van der Waals surface area contributed by atoms with Gasteiger partial charge in [-0.1, -0.05) is 32.3 Å². The number of carbonyl (C=O) groups excluding carboxylic acids is 2. The van der Waals surface area contributed by atoms with Crippen molar-refractivity contribution in [2.75, 3.05) is 40.8 Å². The highest BCUT2D eigenvalue weighted by molar-refractivity contribution is 7.87. The molecular weight excluding hydrogens is 627 g/mol. The Kier molecular flexibility index (Phi) is 9.43. The number of nitrogens with zero attached hydrogens (tertiary/aromatic N) is 4. The van der Waals surface area contributed by atoms with Crippen LogP contribution in [0.3, 0.4) is 0 Å². The Labute approximate surface area is 285 Å². The fourth-order valence-electron chi connectivity index (χ4n) is 8.31. The van der Waals surface area contributed by atoms with Crippen LogP contribution in [0.4, 0.5) is 0 Å². The third-order valence-electron chi connectivity index (χ3n) is 10.9. The van der Waals surface area contributed by atoms with E-state index in [1.54, 1.807) is 13.2 Å². The summed E-state index contributed by atoms with van der Waals surface area (Å²) in [5.74, 6) is 0.555. The minimum atomic E-state index is -3.98. The van der Waals surface area contributed by atoms with Crippen molar-refractivity contribution in [2.45, 2.75) is 90.8 Å². The summed E-state index contributed by atoms with van der Waals surface area (Å²) in [6.45, 7) is 11.4. The number of amides is 2. The number of piperazine rings is 1. The van der Waals surface area contributed by atoms with E-state index in [4.69, 9.17) is 4.74 Å². The molecule has 10 nitrogen and oxygen atoms in total. The van der Waals surface area contributed by atoms with E-state index in [2.05, 4.69) is 39.0 Å². The van der Waals surface area contributed by atoms with Crippen molar-refractivity contribution in [3.05, 3.63) is 53.1 Å². The number of ether oxygens (including phenoxy) is 1.